The van der Waals surface area contributed by atoms with E-state index in [2.05, 4.69) is 25.5 Å². The quantitative estimate of drug-likeness (QED) is 0.689. The first-order valence-electron chi connectivity index (χ1n) is 8.49. The number of nitriles is 1. The summed E-state index contributed by atoms with van der Waals surface area (Å²) in [6, 6.07) is 5.24. The number of alkyl halides is 1. The van der Waals surface area contributed by atoms with Crippen molar-refractivity contribution in [2.45, 2.75) is 18.5 Å². The number of fused-ring (bicyclic) bond motifs is 1. The van der Waals surface area contributed by atoms with Crippen molar-refractivity contribution in [3.8, 4) is 17.3 Å². The maximum Gasteiger partial charge on any atom is 0.265 e. The molecule has 1 aliphatic heterocycles. The van der Waals surface area contributed by atoms with Gasteiger partial charge in [-0.25, -0.2) is 9.37 Å². The van der Waals surface area contributed by atoms with Crippen LogP contribution in [0.15, 0.2) is 36.8 Å². The van der Waals surface area contributed by atoms with E-state index in [1.807, 2.05) is 12.3 Å². The largest absolute Gasteiger partial charge is 0.308 e. The summed E-state index contributed by atoms with van der Waals surface area (Å²) >= 11 is 0. The Morgan fingerprint density at radius 3 is 3.00 bits per heavy atom. The molecule has 3 aromatic heterocycles. The Balaban J connectivity index is 1.52. The number of carbonyl (C=O) groups excluding carboxylic acids is 1. The number of hydrogen-bond acceptors (Lipinski definition) is 6. The van der Waals surface area contributed by atoms with E-state index in [4.69, 9.17) is 5.26 Å². The van der Waals surface area contributed by atoms with Crippen molar-refractivity contribution in [1.82, 2.24) is 25.1 Å². The summed E-state index contributed by atoms with van der Waals surface area (Å²) in [5.41, 5.74) is 1.12. The van der Waals surface area contributed by atoms with Crippen LogP contribution >= 0.6 is 0 Å². The van der Waals surface area contributed by atoms with Crippen molar-refractivity contribution < 1.29 is 9.18 Å². The van der Waals surface area contributed by atoms with Gasteiger partial charge in [0.05, 0.1) is 18.3 Å². The van der Waals surface area contributed by atoms with Gasteiger partial charge in [-0.15, -0.1) is 0 Å². The van der Waals surface area contributed by atoms with E-state index < -0.39 is 11.6 Å². The lowest BCUT2D eigenvalue weighted by Gasteiger charge is -2.33. The number of halogens is 1. The number of H-pyrrole nitrogens is 1. The first-order chi connectivity index (χ1) is 13.1. The van der Waals surface area contributed by atoms with Gasteiger partial charge in [-0.1, -0.05) is 0 Å². The highest BCUT2D eigenvalue weighted by Crippen LogP contribution is 2.28. The fraction of sp³-hybridized carbons (Fsp3) is 0.278. The third-order valence-corrected chi connectivity index (χ3v) is 4.65. The molecular weight excluding hydrogens is 349 g/mol. The molecule has 8 nitrogen and oxygen atoms in total. The molecule has 1 aliphatic rings. The maximum absolute atomic E-state index is 14.9. The van der Waals surface area contributed by atoms with Gasteiger partial charge in [0, 0.05) is 30.1 Å². The van der Waals surface area contributed by atoms with E-state index in [1.165, 1.54) is 4.90 Å². The number of nitrogens with one attached hydrogen (secondary N) is 2. The van der Waals surface area contributed by atoms with E-state index in [1.54, 1.807) is 30.7 Å². The Hall–Kier alpha value is -3.54. The van der Waals surface area contributed by atoms with Crippen molar-refractivity contribution in [2.24, 2.45) is 0 Å². The van der Waals surface area contributed by atoms with Gasteiger partial charge in [0.25, 0.3) is 5.91 Å². The van der Waals surface area contributed by atoms with Crippen LogP contribution in [0.2, 0.25) is 0 Å². The Morgan fingerprint density at radius 2 is 2.22 bits per heavy atom. The molecule has 1 saturated heterocycles. The fourth-order valence-corrected chi connectivity index (χ4v) is 3.23. The zero-order chi connectivity index (χ0) is 18.9. The number of likely N-dealkylation sites (tertiary alicyclic amines) is 1. The summed E-state index contributed by atoms with van der Waals surface area (Å²) < 4.78 is 14.9. The highest BCUT2D eigenvalue weighted by atomic mass is 19.1. The zero-order valence-corrected chi connectivity index (χ0v) is 14.3. The van der Waals surface area contributed by atoms with Crippen molar-refractivity contribution in [1.29, 1.82) is 5.26 Å². The van der Waals surface area contributed by atoms with Gasteiger partial charge in [-0.3, -0.25) is 14.9 Å². The first kappa shape index (κ1) is 16.9. The van der Waals surface area contributed by atoms with Crippen molar-refractivity contribution in [3.63, 3.8) is 0 Å². The fourth-order valence-electron chi connectivity index (χ4n) is 3.23. The van der Waals surface area contributed by atoms with Crippen LogP contribution in [0, 0.1) is 11.5 Å². The SMILES string of the molecule is N#CN1CCCC(F)(C(=O)Nc2ccc(-c3ccnc4cn[nH]c34)cn2)C1. The number of anilines is 1. The van der Waals surface area contributed by atoms with Gasteiger partial charge in [0.15, 0.2) is 6.19 Å². The summed E-state index contributed by atoms with van der Waals surface area (Å²) in [4.78, 5) is 22.1. The minimum atomic E-state index is -2.10. The molecule has 0 aliphatic carbocycles. The normalized spacial score (nSPS) is 19.6. The van der Waals surface area contributed by atoms with Crippen LogP contribution in [-0.4, -0.2) is 49.7 Å². The lowest BCUT2D eigenvalue weighted by Crippen LogP contribution is -2.51. The summed E-state index contributed by atoms with van der Waals surface area (Å²) in [5, 5.41) is 18.3. The van der Waals surface area contributed by atoms with Gasteiger partial charge in [-0.05, 0) is 31.0 Å². The molecule has 0 aromatic carbocycles. The minimum Gasteiger partial charge on any atom is -0.308 e. The van der Waals surface area contributed by atoms with Crippen LogP contribution in [0.25, 0.3) is 22.2 Å². The summed E-state index contributed by atoms with van der Waals surface area (Å²) in [6.07, 6.45) is 7.35. The molecule has 0 radical (unpaired) electrons. The van der Waals surface area contributed by atoms with Gasteiger partial charge in [0.1, 0.15) is 11.3 Å². The van der Waals surface area contributed by atoms with Crippen molar-refractivity contribution in [2.75, 3.05) is 18.4 Å². The van der Waals surface area contributed by atoms with Crippen LogP contribution < -0.4 is 5.32 Å². The molecule has 1 fully saturated rings. The maximum atomic E-state index is 14.9. The van der Waals surface area contributed by atoms with Crippen molar-refractivity contribution in [3.05, 3.63) is 36.8 Å². The molecular formula is C18H16FN7O. The molecule has 0 saturated carbocycles. The second-order valence-corrected chi connectivity index (χ2v) is 6.47. The van der Waals surface area contributed by atoms with Gasteiger partial charge in [-0.2, -0.15) is 10.4 Å². The number of aromatic nitrogens is 4. The topological polar surface area (TPSA) is 111 Å². The molecule has 1 amide bonds. The van der Waals surface area contributed by atoms with E-state index in [0.29, 0.717) is 13.0 Å². The van der Waals surface area contributed by atoms with E-state index in [9.17, 15) is 9.18 Å². The summed E-state index contributed by atoms with van der Waals surface area (Å²) in [7, 11) is 0. The number of rotatable bonds is 3. The number of aromatic amines is 1. The number of hydrogen-bond donors (Lipinski definition) is 2. The van der Waals surface area contributed by atoms with Crippen LogP contribution in [0.5, 0.6) is 0 Å². The van der Waals surface area contributed by atoms with Gasteiger partial charge >= 0.3 is 0 Å². The lowest BCUT2D eigenvalue weighted by molar-refractivity contribution is -0.130. The lowest BCUT2D eigenvalue weighted by atomic mass is 9.94. The van der Waals surface area contributed by atoms with Crippen LogP contribution in [0.3, 0.4) is 0 Å². The van der Waals surface area contributed by atoms with Gasteiger partial charge < -0.3 is 10.2 Å². The van der Waals surface area contributed by atoms with E-state index >= 15 is 0 Å². The predicted octanol–water partition coefficient (Wildman–Crippen LogP) is 2.24. The molecule has 2 N–H and O–H groups in total. The van der Waals surface area contributed by atoms with Crippen LogP contribution in [-0.2, 0) is 4.79 Å². The average Bonchev–Trinajstić information content (AvgIpc) is 3.17. The molecule has 1 atom stereocenters. The van der Waals surface area contributed by atoms with Crippen LogP contribution in [0.4, 0.5) is 10.2 Å². The number of piperidine rings is 1. The third-order valence-electron chi connectivity index (χ3n) is 4.65. The first-order valence-corrected chi connectivity index (χ1v) is 8.49. The smallest absolute Gasteiger partial charge is 0.265 e. The standard InChI is InChI=1S/C18H16FN7O/c19-18(5-1-7-26(10-18)11-20)17(27)24-15-3-2-12(8-22-15)13-4-6-21-14-9-23-25-16(13)14/h2-4,6,8-9H,1,5,7,10H2,(H,23,25)(H,22,24,27). The Morgan fingerprint density at radius 1 is 1.33 bits per heavy atom. The molecule has 1 unspecified atom stereocenters. The average molecular weight is 365 g/mol. The monoisotopic (exact) mass is 365 g/mol. The highest BCUT2D eigenvalue weighted by molar-refractivity contribution is 5.97. The second kappa shape index (κ2) is 6.64. The van der Waals surface area contributed by atoms with E-state index in [0.717, 1.165) is 22.2 Å². The number of nitrogens with zero attached hydrogens (tertiary/aromatic N) is 5. The van der Waals surface area contributed by atoms with E-state index in [-0.39, 0.29) is 18.8 Å². The Kier molecular flexibility index (Phi) is 4.16. The minimum absolute atomic E-state index is 0.0872. The second-order valence-electron chi connectivity index (χ2n) is 6.47. The number of pyridine rings is 2. The Bertz CT molecular complexity index is 1030. The highest BCUT2D eigenvalue weighted by Gasteiger charge is 2.42. The molecule has 0 bridgehead atoms. The molecule has 4 heterocycles. The van der Waals surface area contributed by atoms with Crippen molar-refractivity contribution >= 4 is 22.8 Å². The predicted molar refractivity (Wildman–Crippen MR) is 96.0 cm³/mol. The number of amides is 1. The van der Waals surface area contributed by atoms with Gasteiger partial charge in [0.2, 0.25) is 5.67 Å². The van der Waals surface area contributed by atoms with Crippen LogP contribution in [0.1, 0.15) is 12.8 Å². The molecule has 0 spiro atoms. The molecule has 136 valence electrons. The third kappa shape index (κ3) is 3.17. The zero-order valence-electron chi connectivity index (χ0n) is 14.3. The number of carbonyl (C=O) groups is 1. The summed E-state index contributed by atoms with van der Waals surface area (Å²) in [5.74, 6) is -0.521. The Labute approximate surface area is 154 Å². The molecule has 4 rings (SSSR count). The summed E-state index contributed by atoms with van der Waals surface area (Å²) in [6.45, 7) is 0.235. The molecule has 3 aromatic rings. The molecule has 9 heteroatoms. The molecule has 27 heavy (non-hydrogen) atoms.